The van der Waals surface area contributed by atoms with Gasteiger partial charge < -0.3 is 15.2 Å². The Morgan fingerprint density at radius 1 is 0.970 bits per heavy atom. The van der Waals surface area contributed by atoms with Crippen LogP contribution in [0.2, 0.25) is 0 Å². The Morgan fingerprint density at radius 2 is 1.79 bits per heavy atom. The first-order valence-electron chi connectivity index (χ1n) is 10.2. The van der Waals surface area contributed by atoms with E-state index in [4.69, 9.17) is 4.74 Å². The summed E-state index contributed by atoms with van der Waals surface area (Å²) in [6.45, 7) is 3.93. The average Bonchev–Trinajstić information content (AvgIpc) is 3.14. The van der Waals surface area contributed by atoms with E-state index >= 15 is 0 Å². The van der Waals surface area contributed by atoms with Gasteiger partial charge >= 0.3 is 0 Å². The highest BCUT2D eigenvalue weighted by Crippen LogP contribution is 2.33. The molecule has 0 radical (unpaired) electrons. The van der Waals surface area contributed by atoms with Crippen LogP contribution in [0.1, 0.15) is 16.7 Å². The van der Waals surface area contributed by atoms with E-state index in [9.17, 15) is 9.90 Å². The molecule has 2 N–H and O–H groups in total. The number of nitrogens with zero attached hydrogens (tertiary/aromatic N) is 3. The number of methoxy groups -OCH3 is 1. The molecule has 0 spiro atoms. The molecule has 0 bridgehead atoms. The van der Waals surface area contributed by atoms with Crippen LogP contribution in [0.3, 0.4) is 0 Å². The van der Waals surface area contributed by atoms with Gasteiger partial charge in [-0.15, -0.1) is 0 Å². The van der Waals surface area contributed by atoms with Gasteiger partial charge in [-0.25, -0.2) is 4.99 Å². The van der Waals surface area contributed by atoms with Crippen LogP contribution in [0.15, 0.2) is 80.8 Å². The fraction of sp³-hybridized carbons (Fsp3) is 0.120. The summed E-state index contributed by atoms with van der Waals surface area (Å²) in [4.78, 5) is 17.5. The van der Waals surface area contributed by atoms with E-state index in [1.807, 2.05) is 56.3 Å². The average molecular weight is 459 g/mol. The molecule has 0 saturated carbocycles. The quantitative estimate of drug-likeness (QED) is 0.345. The van der Waals surface area contributed by atoms with Crippen LogP contribution in [0.5, 0.6) is 11.5 Å². The lowest BCUT2D eigenvalue weighted by Gasteiger charge is -2.04. The van der Waals surface area contributed by atoms with Crippen molar-refractivity contribution in [3.8, 4) is 11.5 Å². The maximum atomic E-state index is 12.4. The third-order valence-corrected chi connectivity index (χ3v) is 5.85. The zero-order valence-corrected chi connectivity index (χ0v) is 19.2. The van der Waals surface area contributed by atoms with Crippen LogP contribution in [0.25, 0.3) is 6.08 Å². The van der Waals surface area contributed by atoms with E-state index in [-0.39, 0.29) is 11.7 Å². The fourth-order valence-corrected chi connectivity index (χ4v) is 3.97. The molecule has 7 nitrogen and oxygen atoms in total. The minimum Gasteiger partial charge on any atom is -0.504 e. The first kappa shape index (κ1) is 22.3. The topological polar surface area (TPSA) is 95.6 Å². The van der Waals surface area contributed by atoms with Crippen molar-refractivity contribution < 1.29 is 14.6 Å². The number of ether oxygens (including phenoxy) is 1. The summed E-state index contributed by atoms with van der Waals surface area (Å²) < 4.78 is 5.12. The fourth-order valence-electron chi connectivity index (χ4n) is 3.14. The molecular weight excluding hydrogens is 436 g/mol. The Morgan fingerprint density at radius 3 is 2.55 bits per heavy atom. The molecule has 3 aromatic carbocycles. The molecule has 166 valence electrons. The highest BCUT2D eigenvalue weighted by Gasteiger charge is 2.24. The molecule has 0 atom stereocenters. The van der Waals surface area contributed by atoms with Gasteiger partial charge in [0.05, 0.1) is 29.1 Å². The van der Waals surface area contributed by atoms with Crippen LogP contribution in [-0.2, 0) is 4.79 Å². The molecule has 1 aliphatic heterocycles. The van der Waals surface area contributed by atoms with Crippen LogP contribution in [-0.4, -0.2) is 23.3 Å². The maximum absolute atomic E-state index is 12.4. The van der Waals surface area contributed by atoms with Gasteiger partial charge in [0.2, 0.25) is 0 Å². The zero-order chi connectivity index (χ0) is 23.4. The molecule has 0 aromatic heterocycles. The number of hydrogen-bond acceptors (Lipinski definition) is 7. The number of phenolic OH excluding ortho intramolecular Hbond substituents is 1. The van der Waals surface area contributed by atoms with E-state index < -0.39 is 0 Å². The van der Waals surface area contributed by atoms with Crippen molar-refractivity contribution in [2.24, 2.45) is 15.2 Å². The number of amidine groups is 1. The molecule has 1 fully saturated rings. The molecule has 33 heavy (non-hydrogen) atoms. The summed E-state index contributed by atoms with van der Waals surface area (Å²) in [6, 6.07) is 18.3. The number of phenols is 1. The lowest BCUT2D eigenvalue weighted by Crippen LogP contribution is -2.19. The summed E-state index contributed by atoms with van der Waals surface area (Å²) in [5, 5.41) is 21.7. The number of aliphatic imine (C=N–C) groups is 1. The number of benzene rings is 3. The number of carbonyl (C=O) groups is 1. The normalized spacial score (nSPS) is 16.0. The minimum absolute atomic E-state index is 0.0442. The van der Waals surface area contributed by atoms with Gasteiger partial charge in [0.15, 0.2) is 16.7 Å². The number of nitrogens with one attached hydrogen (secondary N) is 1. The summed E-state index contributed by atoms with van der Waals surface area (Å²) in [7, 11) is 1.48. The van der Waals surface area contributed by atoms with E-state index in [2.05, 4.69) is 20.5 Å². The Hall–Kier alpha value is -3.91. The lowest BCUT2D eigenvalue weighted by molar-refractivity contribution is -0.115. The molecule has 0 unspecified atom stereocenters. The predicted octanol–water partition coefficient (Wildman–Crippen LogP) is 6.32. The lowest BCUT2D eigenvalue weighted by atomic mass is 10.2. The van der Waals surface area contributed by atoms with Gasteiger partial charge in [0.1, 0.15) is 0 Å². The van der Waals surface area contributed by atoms with Crippen LogP contribution in [0, 0.1) is 13.8 Å². The van der Waals surface area contributed by atoms with E-state index in [1.165, 1.54) is 24.9 Å². The molecule has 1 aliphatic rings. The Balaban J connectivity index is 1.51. The molecule has 1 saturated heterocycles. The SMILES string of the molecule is COc1cc(/C=C2\SC(=Nc3ccc(N=Nc4ccccc4C)cc3C)NC2=O)ccc1O. The second-order valence-electron chi connectivity index (χ2n) is 7.37. The Bertz CT molecular complexity index is 1310. The van der Waals surface area contributed by atoms with E-state index in [0.717, 1.165) is 33.8 Å². The monoisotopic (exact) mass is 458 g/mol. The zero-order valence-electron chi connectivity index (χ0n) is 18.4. The molecule has 1 amide bonds. The van der Waals surface area contributed by atoms with Gasteiger partial charge in [-0.1, -0.05) is 24.3 Å². The summed E-state index contributed by atoms with van der Waals surface area (Å²) in [5.74, 6) is 0.159. The summed E-state index contributed by atoms with van der Waals surface area (Å²) in [6.07, 6.45) is 1.73. The number of azo groups is 1. The first-order valence-corrected chi connectivity index (χ1v) is 11.0. The number of aryl methyl sites for hydroxylation is 2. The molecule has 8 heteroatoms. The number of amides is 1. The van der Waals surface area contributed by atoms with Gasteiger partial charge in [-0.2, -0.15) is 10.2 Å². The molecule has 3 aromatic rings. The number of hydrogen-bond donors (Lipinski definition) is 2. The standard InChI is InChI=1S/C25H22N4O3S/c1-15-6-4-5-7-20(15)29-28-18-9-10-19(16(2)12-18)26-25-27-24(31)23(33-25)14-17-8-11-21(30)22(13-17)32-3/h4-14,30H,1-3H3,(H,26,27,31)/b23-14-,29-28?. The van der Waals surface area contributed by atoms with Crippen molar-refractivity contribution in [3.63, 3.8) is 0 Å². The minimum atomic E-state index is -0.230. The summed E-state index contributed by atoms with van der Waals surface area (Å²) >= 11 is 1.25. The maximum Gasteiger partial charge on any atom is 0.264 e. The van der Waals surface area contributed by atoms with Gasteiger partial charge in [-0.3, -0.25) is 4.79 Å². The van der Waals surface area contributed by atoms with E-state index in [1.54, 1.807) is 18.2 Å². The highest BCUT2D eigenvalue weighted by atomic mass is 32.2. The smallest absolute Gasteiger partial charge is 0.264 e. The van der Waals surface area contributed by atoms with Crippen LogP contribution >= 0.6 is 11.8 Å². The highest BCUT2D eigenvalue weighted by molar-refractivity contribution is 8.18. The summed E-state index contributed by atoms with van der Waals surface area (Å²) in [5.41, 5.74) is 5.01. The van der Waals surface area contributed by atoms with Gasteiger partial charge in [0, 0.05) is 0 Å². The third kappa shape index (κ3) is 5.30. The van der Waals surface area contributed by atoms with Crippen molar-refractivity contribution in [3.05, 3.63) is 82.3 Å². The number of aromatic hydroxyl groups is 1. The van der Waals surface area contributed by atoms with Crippen molar-refractivity contribution >= 4 is 46.0 Å². The number of rotatable bonds is 5. The predicted molar refractivity (Wildman–Crippen MR) is 132 cm³/mol. The largest absolute Gasteiger partial charge is 0.504 e. The second-order valence-corrected chi connectivity index (χ2v) is 8.40. The number of carbonyl (C=O) groups excluding carboxylic acids is 1. The Kier molecular flexibility index (Phi) is 6.55. The van der Waals surface area contributed by atoms with Crippen LogP contribution in [0.4, 0.5) is 17.1 Å². The van der Waals surface area contributed by atoms with Crippen molar-refractivity contribution in [2.45, 2.75) is 13.8 Å². The number of thioether (sulfide) groups is 1. The molecule has 0 aliphatic carbocycles. The Labute approximate surface area is 195 Å². The molecular formula is C25H22N4O3S. The van der Waals surface area contributed by atoms with Crippen molar-refractivity contribution in [1.82, 2.24) is 5.32 Å². The third-order valence-electron chi connectivity index (χ3n) is 4.94. The van der Waals surface area contributed by atoms with Gasteiger partial charge in [0.25, 0.3) is 5.91 Å². The molecule has 4 rings (SSSR count). The van der Waals surface area contributed by atoms with Crippen LogP contribution < -0.4 is 10.1 Å². The first-order chi connectivity index (χ1) is 15.9. The van der Waals surface area contributed by atoms with Gasteiger partial charge in [-0.05, 0) is 84.8 Å². The second kappa shape index (κ2) is 9.70. The van der Waals surface area contributed by atoms with Crippen molar-refractivity contribution in [1.29, 1.82) is 0 Å². The van der Waals surface area contributed by atoms with Crippen molar-refractivity contribution in [2.75, 3.05) is 7.11 Å². The molecule has 1 heterocycles. The van der Waals surface area contributed by atoms with E-state index in [0.29, 0.717) is 15.8 Å².